The van der Waals surface area contributed by atoms with Crippen LogP contribution in [-0.4, -0.2) is 41.0 Å². The topological polar surface area (TPSA) is 44.0 Å². The van der Waals surface area contributed by atoms with Crippen LogP contribution in [0.1, 0.15) is 26.0 Å². The lowest BCUT2D eigenvalue weighted by atomic mass is 10.1. The van der Waals surface area contributed by atoms with E-state index in [1.807, 2.05) is 6.20 Å². The van der Waals surface area contributed by atoms with E-state index in [0.29, 0.717) is 0 Å². The molecule has 2 aromatic heterocycles. The maximum absolute atomic E-state index is 4.56. The zero-order valence-corrected chi connectivity index (χ0v) is 14.1. The molecule has 0 saturated carbocycles. The Bertz CT molecular complexity index is 758. The molecule has 2 heterocycles. The van der Waals surface area contributed by atoms with Crippen molar-refractivity contribution in [2.45, 2.75) is 26.8 Å². The third kappa shape index (κ3) is 3.54. The van der Waals surface area contributed by atoms with Crippen LogP contribution in [0.2, 0.25) is 0 Å². The number of fused-ring (bicyclic) bond motifs is 3. The first-order valence-corrected chi connectivity index (χ1v) is 8.60. The predicted octanol–water partition coefficient (Wildman–Crippen LogP) is 3.54. The normalized spacial score (nSPS) is 11.8. The maximum Gasteiger partial charge on any atom is 0.0782 e. The number of benzene rings is 1. The van der Waals surface area contributed by atoms with Gasteiger partial charge >= 0.3 is 0 Å². The average molecular weight is 310 g/mol. The molecule has 0 saturated heterocycles. The Balaban J connectivity index is 1.64. The van der Waals surface area contributed by atoms with Crippen molar-refractivity contribution in [1.29, 1.82) is 0 Å². The van der Waals surface area contributed by atoms with Crippen molar-refractivity contribution in [3.8, 4) is 0 Å². The predicted molar refractivity (Wildman–Crippen MR) is 97.7 cm³/mol. The molecule has 0 bridgehead atoms. The number of nitrogens with zero attached hydrogens (tertiary/aromatic N) is 2. The summed E-state index contributed by atoms with van der Waals surface area (Å²) < 4.78 is 0. The van der Waals surface area contributed by atoms with Gasteiger partial charge in [0.2, 0.25) is 0 Å². The van der Waals surface area contributed by atoms with Gasteiger partial charge in [0.1, 0.15) is 0 Å². The van der Waals surface area contributed by atoms with Crippen LogP contribution in [0, 0.1) is 0 Å². The van der Waals surface area contributed by atoms with Gasteiger partial charge in [0.05, 0.1) is 11.2 Å². The number of hydrogen-bond acceptors (Lipinski definition) is 3. The average Bonchev–Trinajstić information content (AvgIpc) is 2.98. The molecule has 1 aromatic carbocycles. The Hall–Kier alpha value is -1.91. The molecule has 0 aliphatic rings. The van der Waals surface area contributed by atoms with Crippen LogP contribution in [0.5, 0.6) is 0 Å². The van der Waals surface area contributed by atoms with Gasteiger partial charge < -0.3 is 15.2 Å². The number of H-pyrrole nitrogens is 1. The fourth-order valence-electron chi connectivity index (χ4n) is 3.14. The van der Waals surface area contributed by atoms with Gasteiger partial charge in [-0.25, -0.2) is 0 Å². The molecule has 0 aliphatic carbocycles. The van der Waals surface area contributed by atoms with E-state index >= 15 is 0 Å². The van der Waals surface area contributed by atoms with Gasteiger partial charge in [0.25, 0.3) is 0 Å². The smallest absolute Gasteiger partial charge is 0.0782 e. The number of aromatic nitrogens is 2. The van der Waals surface area contributed by atoms with Crippen LogP contribution in [-0.2, 0) is 6.54 Å². The monoisotopic (exact) mass is 310 g/mol. The first kappa shape index (κ1) is 16.0. The first-order valence-electron chi connectivity index (χ1n) is 8.60. The molecule has 0 radical (unpaired) electrons. The highest BCUT2D eigenvalue weighted by molar-refractivity contribution is 6.07. The Labute approximate surface area is 137 Å². The number of aromatic amines is 1. The molecule has 4 heteroatoms. The highest BCUT2D eigenvalue weighted by Crippen LogP contribution is 2.26. The molecular formula is C19H26N4. The van der Waals surface area contributed by atoms with Crippen molar-refractivity contribution in [2.75, 3.05) is 26.2 Å². The minimum atomic E-state index is 0.808. The minimum Gasteiger partial charge on any atom is -0.353 e. The van der Waals surface area contributed by atoms with Crippen molar-refractivity contribution in [3.05, 3.63) is 42.2 Å². The minimum absolute atomic E-state index is 0.808. The van der Waals surface area contributed by atoms with Crippen LogP contribution in [0.15, 0.2) is 36.5 Å². The van der Waals surface area contributed by atoms with E-state index in [2.05, 4.69) is 64.4 Å². The van der Waals surface area contributed by atoms with Crippen LogP contribution in [0.25, 0.3) is 21.8 Å². The van der Waals surface area contributed by atoms with E-state index in [1.165, 1.54) is 22.7 Å². The summed E-state index contributed by atoms with van der Waals surface area (Å²) in [7, 11) is 0. The van der Waals surface area contributed by atoms with Crippen molar-refractivity contribution in [1.82, 2.24) is 20.2 Å². The Kier molecular flexibility index (Phi) is 5.26. The van der Waals surface area contributed by atoms with E-state index in [-0.39, 0.29) is 0 Å². The maximum atomic E-state index is 4.56. The summed E-state index contributed by atoms with van der Waals surface area (Å²) in [6.07, 6.45) is 3.08. The van der Waals surface area contributed by atoms with Crippen molar-refractivity contribution in [2.24, 2.45) is 0 Å². The van der Waals surface area contributed by atoms with Gasteiger partial charge in [0.15, 0.2) is 0 Å². The molecule has 122 valence electrons. The zero-order chi connectivity index (χ0) is 16.1. The third-order valence-electron chi connectivity index (χ3n) is 4.52. The molecule has 4 nitrogen and oxygen atoms in total. The molecule has 3 aromatic rings. The number of nitrogens with one attached hydrogen (secondary N) is 2. The molecule has 0 spiro atoms. The molecule has 23 heavy (non-hydrogen) atoms. The second-order valence-corrected chi connectivity index (χ2v) is 5.91. The summed E-state index contributed by atoms with van der Waals surface area (Å²) in [6, 6.07) is 10.5. The van der Waals surface area contributed by atoms with Crippen LogP contribution >= 0.6 is 0 Å². The lowest BCUT2D eigenvalue weighted by molar-refractivity contribution is 0.298. The molecule has 0 fully saturated rings. The van der Waals surface area contributed by atoms with Gasteiger partial charge in [0, 0.05) is 29.0 Å². The summed E-state index contributed by atoms with van der Waals surface area (Å²) in [5, 5.41) is 6.06. The van der Waals surface area contributed by atoms with Gasteiger partial charge in [-0.05, 0) is 44.7 Å². The molecule has 0 atom stereocenters. The lowest BCUT2D eigenvalue weighted by Crippen LogP contribution is -2.27. The van der Waals surface area contributed by atoms with Gasteiger partial charge in [-0.2, -0.15) is 0 Å². The van der Waals surface area contributed by atoms with Crippen molar-refractivity contribution in [3.63, 3.8) is 0 Å². The molecule has 3 rings (SSSR count). The first-order chi connectivity index (χ1) is 11.3. The quantitative estimate of drug-likeness (QED) is 0.626. The van der Waals surface area contributed by atoms with Crippen LogP contribution in [0.3, 0.4) is 0 Å². The third-order valence-corrected chi connectivity index (χ3v) is 4.52. The van der Waals surface area contributed by atoms with E-state index < -0.39 is 0 Å². The van der Waals surface area contributed by atoms with E-state index in [4.69, 9.17) is 0 Å². The lowest BCUT2D eigenvalue weighted by Gasteiger charge is -2.17. The molecule has 0 unspecified atom stereocenters. The van der Waals surface area contributed by atoms with Gasteiger partial charge in [-0.1, -0.05) is 32.0 Å². The zero-order valence-electron chi connectivity index (χ0n) is 14.1. The van der Waals surface area contributed by atoms with Gasteiger partial charge in [-0.15, -0.1) is 0 Å². The summed E-state index contributed by atoms with van der Waals surface area (Å²) in [5.74, 6) is 0. The largest absolute Gasteiger partial charge is 0.353 e. The van der Waals surface area contributed by atoms with Crippen LogP contribution in [0.4, 0.5) is 0 Å². The molecular weight excluding hydrogens is 284 g/mol. The van der Waals surface area contributed by atoms with E-state index in [1.54, 1.807) is 0 Å². The standard InChI is InChI=1S/C19H26N4/c1-3-23(4-2)13-7-11-20-14-18-19-16(10-12-21-18)15-8-5-6-9-17(15)22-19/h5-6,8-10,12,20,22H,3-4,7,11,13-14H2,1-2H3. The number of pyridine rings is 1. The molecule has 0 amide bonds. The summed E-state index contributed by atoms with van der Waals surface area (Å²) >= 11 is 0. The number of rotatable bonds is 8. The van der Waals surface area contributed by atoms with Crippen molar-refractivity contribution >= 4 is 21.8 Å². The number of para-hydroxylation sites is 1. The fraction of sp³-hybridized carbons (Fsp3) is 0.421. The van der Waals surface area contributed by atoms with Crippen LogP contribution < -0.4 is 5.32 Å². The number of hydrogen-bond donors (Lipinski definition) is 2. The molecule has 2 N–H and O–H groups in total. The van der Waals surface area contributed by atoms with Gasteiger partial charge in [-0.3, -0.25) is 4.98 Å². The molecule has 0 aliphatic heterocycles. The fourth-order valence-corrected chi connectivity index (χ4v) is 3.14. The summed E-state index contributed by atoms with van der Waals surface area (Å²) in [4.78, 5) is 10.5. The summed E-state index contributed by atoms with van der Waals surface area (Å²) in [6.45, 7) is 9.69. The van der Waals surface area contributed by atoms with E-state index in [0.717, 1.165) is 43.9 Å². The Morgan fingerprint density at radius 1 is 1.09 bits per heavy atom. The second kappa shape index (κ2) is 7.57. The highest BCUT2D eigenvalue weighted by atomic mass is 15.1. The van der Waals surface area contributed by atoms with Crippen molar-refractivity contribution < 1.29 is 0 Å². The Morgan fingerprint density at radius 2 is 1.91 bits per heavy atom. The Morgan fingerprint density at radius 3 is 2.74 bits per heavy atom. The summed E-state index contributed by atoms with van der Waals surface area (Å²) in [5.41, 5.74) is 3.43. The second-order valence-electron chi connectivity index (χ2n) is 5.91. The highest BCUT2D eigenvalue weighted by Gasteiger charge is 2.08. The SMILES string of the molecule is CCN(CC)CCCNCc1nccc2c1[nH]c1ccccc12. The van der Waals surface area contributed by atoms with E-state index in [9.17, 15) is 0 Å².